The molecule has 2 rings (SSSR count). The number of benzene rings is 2. The number of carbonyl (C=O) groups excluding carboxylic acids is 1. The third-order valence-electron chi connectivity index (χ3n) is 3.24. The molecule has 0 aromatic heterocycles. The minimum Gasteiger partial charge on any atom is -0.465 e. The molecule has 5 nitrogen and oxygen atoms in total. The van der Waals surface area contributed by atoms with Crippen molar-refractivity contribution in [1.29, 1.82) is 0 Å². The monoisotopic (exact) mass is 284 g/mol. The lowest BCUT2D eigenvalue weighted by molar-refractivity contribution is 0.0962. The summed E-state index contributed by atoms with van der Waals surface area (Å²) < 4.78 is 0. The summed E-state index contributed by atoms with van der Waals surface area (Å²) in [5, 5.41) is 13.9. The standard InChI is InChI=1S/C16H16N2O3/c1-10-12(15(19)17-2)8-9-13(18-16(20)21)14(10)11-6-4-3-5-7-11/h3-9,18H,1-2H3,(H,17,19)(H,20,21). The summed E-state index contributed by atoms with van der Waals surface area (Å²) in [6, 6.07) is 12.6. The normalized spacial score (nSPS) is 10.0. The van der Waals surface area contributed by atoms with Crippen molar-refractivity contribution >= 4 is 17.7 Å². The fourth-order valence-corrected chi connectivity index (χ4v) is 2.29. The summed E-state index contributed by atoms with van der Waals surface area (Å²) in [5.74, 6) is -0.202. The largest absolute Gasteiger partial charge is 0.465 e. The van der Waals surface area contributed by atoms with Gasteiger partial charge in [-0.25, -0.2) is 4.79 Å². The van der Waals surface area contributed by atoms with Crippen molar-refractivity contribution in [3.05, 3.63) is 53.6 Å². The molecule has 0 bridgehead atoms. The van der Waals surface area contributed by atoms with Crippen molar-refractivity contribution in [2.24, 2.45) is 0 Å². The number of carbonyl (C=O) groups is 2. The van der Waals surface area contributed by atoms with Gasteiger partial charge >= 0.3 is 6.09 Å². The second-order valence-corrected chi connectivity index (χ2v) is 4.54. The fourth-order valence-electron chi connectivity index (χ4n) is 2.29. The van der Waals surface area contributed by atoms with Gasteiger partial charge in [-0.1, -0.05) is 30.3 Å². The first kappa shape index (κ1) is 14.6. The lowest BCUT2D eigenvalue weighted by Gasteiger charge is -2.15. The number of carboxylic acid groups (broad SMARTS) is 1. The Bertz CT molecular complexity index is 681. The molecule has 5 heteroatoms. The molecule has 2 amide bonds. The Balaban J connectivity index is 2.66. The SMILES string of the molecule is CNC(=O)c1ccc(NC(=O)O)c(-c2ccccc2)c1C. The quantitative estimate of drug-likeness (QED) is 0.810. The van der Waals surface area contributed by atoms with Crippen LogP contribution in [0.3, 0.4) is 0 Å². The molecule has 0 fully saturated rings. The van der Waals surface area contributed by atoms with Crippen molar-refractivity contribution in [2.75, 3.05) is 12.4 Å². The van der Waals surface area contributed by atoms with Crippen LogP contribution in [0.1, 0.15) is 15.9 Å². The molecule has 0 aliphatic rings. The van der Waals surface area contributed by atoms with Crippen LogP contribution in [0.4, 0.5) is 10.5 Å². The van der Waals surface area contributed by atoms with E-state index in [1.165, 1.54) is 0 Å². The minimum absolute atomic E-state index is 0.202. The van der Waals surface area contributed by atoms with Gasteiger partial charge in [0.1, 0.15) is 0 Å². The van der Waals surface area contributed by atoms with Gasteiger partial charge < -0.3 is 10.4 Å². The van der Waals surface area contributed by atoms with Gasteiger partial charge in [-0.3, -0.25) is 10.1 Å². The summed E-state index contributed by atoms with van der Waals surface area (Å²) in [6.07, 6.45) is -1.14. The molecule has 0 unspecified atom stereocenters. The highest BCUT2D eigenvalue weighted by molar-refractivity contribution is 6.01. The van der Waals surface area contributed by atoms with Crippen LogP contribution >= 0.6 is 0 Å². The van der Waals surface area contributed by atoms with Crippen LogP contribution in [0.2, 0.25) is 0 Å². The second kappa shape index (κ2) is 6.09. The second-order valence-electron chi connectivity index (χ2n) is 4.54. The molecule has 0 atom stereocenters. The number of nitrogens with one attached hydrogen (secondary N) is 2. The molecule has 0 aliphatic carbocycles. The first-order valence-corrected chi connectivity index (χ1v) is 6.45. The topological polar surface area (TPSA) is 78.4 Å². The van der Waals surface area contributed by atoms with Crippen molar-refractivity contribution in [3.8, 4) is 11.1 Å². The maximum absolute atomic E-state index is 11.9. The van der Waals surface area contributed by atoms with Crippen LogP contribution in [0.5, 0.6) is 0 Å². The van der Waals surface area contributed by atoms with Crippen LogP contribution in [0, 0.1) is 6.92 Å². The van der Waals surface area contributed by atoms with Crippen molar-refractivity contribution in [3.63, 3.8) is 0 Å². The Morgan fingerprint density at radius 3 is 2.29 bits per heavy atom. The number of amides is 2. The Morgan fingerprint density at radius 2 is 1.71 bits per heavy atom. The Hall–Kier alpha value is -2.82. The van der Waals surface area contributed by atoms with Crippen LogP contribution in [-0.4, -0.2) is 24.2 Å². The van der Waals surface area contributed by atoms with E-state index in [2.05, 4.69) is 10.6 Å². The van der Waals surface area contributed by atoms with Gasteiger partial charge in [0, 0.05) is 18.2 Å². The van der Waals surface area contributed by atoms with E-state index in [1.807, 2.05) is 30.3 Å². The third kappa shape index (κ3) is 3.02. The smallest absolute Gasteiger partial charge is 0.409 e. The number of hydrogen-bond acceptors (Lipinski definition) is 2. The summed E-state index contributed by atoms with van der Waals surface area (Å²) >= 11 is 0. The van der Waals surface area contributed by atoms with Crippen LogP contribution in [0.25, 0.3) is 11.1 Å². The van der Waals surface area contributed by atoms with Gasteiger partial charge in [0.2, 0.25) is 0 Å². The molecule has 0 radical (unpaired) electrons. The van der Waals surface area contributed by atoms with Crippen molar-refractivity contribution < 1.29 is 14.7 Å². The molecular weight excluding hydrogens is 268 g/mol. The number of hydrogen-bond donors (Lipinski definition) is 3. The van der Waals surface area contributed by atoms with Gasteiger partial charge in [-0.05, 0) is 30.2 Å². The van der Waals surface area contributed by atoms with Gasteiger partial charge in [0.05, 0.1) is 5.69 Å². The molecule has 2 aromatic carbocycles. The molecule has 0 saturated heterocycles. The highest BCUT2D eigenvalue weighted by atomic mass is 16.4. The van der Waals surface area contributed by atoms with E-state index in [-0.39, 0.29) is 5.91 Å². The van der Waals surface area contributed by atoms with Crippen molar-refractivity contribution in [1.82, 2.24) is 5.32 Å². The number of rotatable bonds is 3. The zero-order valence-electron chi connectivity index (χ0n) is 11.8. The highest BCUT2D eigenvalue weighted by Crippen LogP contribution is 2.33. The summed E-state index contributed by atoms with van der Waals surface area (Å²) in [7, 11) is 1.56. The summed E-state index contributed by atoms with van der Waals surface area (Å²) in [4.78, 5) is 22.9. The van der Waals surface area contributed by atoms with Crippen LogP contribution in [0.15, 0.2) is 42.5 Å². The Morgan fingerprint density at radius 1 is 1.05 bits per heavy atom. The molecule has 0 aliphatic heterocycles. The number of anilines is 1. The summed E-state index contributed by atoms with van der Waals surface area (Å²) in [6.45, 7) is 1.81. The zero-order valence-corrected chi connectivity index (χ0v) is 11.8. The van der Waals surface area contributed by atoms with E-state index < -0.39 is 6.09 Å². The molecule has 2 aromatic rings. The molecular formula is C16H16N2O3. The van der Waals surface area contributed by atoms with E-state index in [1.54, 1.807) is 26.1 Å². The summed E-state index contributed by atoms with van der Waals surface area (Å²) in [5.41, 5.74) is 3.27. The maximum Gasteiger partial charge on any atom is 0.409 e. The molecule has 0 heterocycles. The molecule has 0 saturated carbocycles. The lowest BCUT2D eigenvalue weighted by atomic mass is 9.94. The van der Waals surface area contributed by atoms with Crippen molar-refractivity contribution in [2.45, 2.75) is 6.92 Å². The average Bonchev–Trinajstić information content (AvgIpc) is 2.47. The van der Waals surface area contributed by atoms with E-state index in [4.69, 9.17) is 5.11 Å². The molecule has 3 N–H and O–H groups in total. The van der Waals surface area contributed by atoms with Gasteiger partial charge in [0.15, 0.2) is 0 Å². The highest BCUT2D eigenvalue weighted by Gasteiger charge is 2.16. The van der Waals surface area contributed by atoms with Crippen LogP contribution in [-0.2, 0) is 0 Å². The molecule has 21 heavy (non-hydrogen) atoms. The molecule has 0 spiro atoms. The third-order valence-corrected chi connectivity index (χ3v) is 3.24. The van der Waals surface area contributed by atoms with E-state index in [9.17, 15) is 9.59 Å². The average molecular weight is 284 g/mol. The first-order valence-electron chi connectivity index (χ1n) is 6.45. The molecule has 108 valence electrons. The van der Waals surface area contributed by atoms with Crippen LogP contribution < -0.4 is 10.6 Å². The van der Waals surface area contributed by atoms with E-state index in [0.29, 0.717) is 16.8 Å². The van der Waals surface area contributed by atoms with E-state index in [0.717, 1.165) is 11.1 Å². The minimum atomic E-state index is -1.14. The van der Waals surface area contributed by atoms with Gasteiger partial charge in [0.25, 0.3) is 5.91 Å². The van der Waals surface area contributed by atoms with Gasteiger partial charge in [-0.2, -0.15) is 0 Å². The lowest BCUT2D eigenvalue weighted by Crippen LogP contribution is -2.19. The first-order chi connectivity index (χ1) is 10.0. The van der Waals surface area contributed by atoms with E-state index >= 15 is 0 Å². The predicted molar refractivity (Wildman–Crippen MR) is 81.7 cm³/mol. The maximum atomic E-state index is 11.9. The predicted octanol–water partition coefficient (Wildman–Crippen LogP) is 3.11. The fraction of sp³-hybridized carbons (Fsp3) is 0.125. The zero-order chi connectivity index (χ0) is 15.4. The Kier molecular flexibility index (Phi) is 4.23. The Labute approximate surface area is 122 Å². The van der Waals surface area contributed by atoms with Gasteiger partial charge in [-0.15, -0.1) is 0 Å².